The Kier molecular flexibility index (Phi) is 3.90. The van der Waals surface area contributed by atoms with Gasteiger partial charge in [0.1, 0.15) is 5.76 Å². The van der Waals surface area contributed by atoms with Crippen LogP contribution in [0, 0.1) is 5.41 Å². The van der Waals surface area contributed by atoms with Crippen LogP contribution in [0.4, 0.5) is 0 Å². The van der Waals surface area contributed by atoms with Crippen molar-refractivity contribution in [1.29, 1.82) is 0 Å². The van der Waals surface area contributed by atoms with Gasteiger partial charge in [-0.15, -0.1) is 0 Å². The van der Waals surface area contributed by atoms with Crippen LogP contribution in [0.5, 0.6) is 0 Å². The van der Waals surface area contributed by atoms with Crippen LogP contribution in [0.2, 0.25) is 0 Å². The van der Waals surface area contributed by atoms with Gasteiger partial charge in [0.25, 0.3) is 0 Å². The first-order valence-electron chi connectivity index (χ1n) is 6.26. The summed E-state index contributed by atoms with van der Waals surface area (Å²) < 4.78 is 0. The number of aliphatic hydroxyl groups is 1. The highest BCUT2D eigenvalue weighted by Crippen LogP contribution is 2.42. The van der Waals surface area contributed by atoms with Crippen molar-refractivity contribution in [3.05, 3.63) is 40.5 Å². The molecule has 20 heavy (non-hydrogen) atoms. The molecule has 106 valence electrons. The molecule has 0 unspecified atom stereocenters. The summed E-state index contributed by atoms with van der Waals surface area (Å²) in [7, 11) is 0. The minimum absolute atomic E-state index is 0.0523. The number of hydrogen-bond donors (Lipinski definition) is 2. The van der Waals surface area contributed by atoms with Crippen LogP contribution >= 0.6 is 11.8 Å². The van der Waals surface area contributed by atoms with Gasteiger partial charge in [0.2, 0.25) is 0 Å². The van der Waals surface area contributed by atoms with Gasteiger partial charge in [0.05, 0.1) is 10.5 Å². The number of rotatable bonds is 3. The van der Waals surface area contributed by atoms with Crippen molar-refractivity contribution in [3.63, 3.8) is 0 Å². The summed E-state index contributed by atoms with van der Waals surface area (Å²) in [5.41, 5.74) is -0.118. The maximum absolute atomic E-state index is 12.1. The van der Waals surface area contributed by atoms with Gasteiger partial charge in [-0.2, -0.15) is 0 Å². The molecule has 0 saturated carbocycles. The summed E-state index contributed by atoms with van der Waals surface area (Å²) in [5.74, 6) is -1.13. The number of ketones is 1. The van der Waals surface area contributed by atoms with Gasteiger partial charge < -0.3 is 10.2 Å². The number of allylic oxidation sites excluding steroid dienone is 2. The third-order valence-corrected chi connectivity index (χ3v) is 4.37. The zero-order valence-electron chi connectivity index (χ0n) is 11.3. The van der Waals surface area contributed by atoms with E-state index in [1.54, 1.807) is 18.2 Å². The molecule has 0 aromatic heterocycles. The van der Waals surface area contributed by atoms with Crippen LogP contribution in [0.1, 0.15) is 37.0 Å². The predicted octanol–water partition coefficient (Wildman–Crippen LogP) is 3.64. The zero-order valence-corrected chi connectivity index (χ0v) is 12.2. The summed E-state index contributed by atoms with van der Waals surface area (Å²) in [6, 6.07) is 6.47. The van der Waals surface area contributed by atoms with E-state index in [-0.39, 0.29) is 27.4 Å². The molecule has 0 saturated heterocycles. The number of benzene rings is 1. The number of hydrogen-bond acceptors (Lipinski definition) is 4. The monoisotopic (exact) mass is 292 g/mol. The Morgan fingerprint density at radius 1 is 1.25 bits per heavy atom. The highest BCUT2D eigenvalue weighted by atomic mass is 32.2. The first kappa shape index (κ1) is 14.7. The summed E-state index contributed by atoms with van der Waals surface area (Å²) >= 11 is 1.04. The second kappa shape index (κ2) is 5.32. The molecule has 4 nitrogen and oxygen atoms in total. The second-order valence-corrected chi connectivity index (χ2v) is 6.67. The van der Waals surface area contributed by atoms with Crippen LogP contribution in [-0.2, 0) is 4.79 Å². The number of carboxylic acids is 1. The first-order valence-corrected chi connectivity index (χ1v) is 7.07. The molecule has 1 aliphatic carbocycles. The zero-order chi connectivity index (χ0) is 14.9. The van der Waals surface area contributed by atoms with E-state index in [1.165, 1.54) is 6.07 Å². The van der Waals surface area contributed by atoms with Crippen LogP contribution in [0.15, 0.2) is 39.8 Å². The molecule has 5 heteroatoms. The fraction of sp³-hybridized carbons (Fsp3) is 0.333. The fourth-order valence-electron chi connectivity index (χ4n) is 2.23. The SMILES string of the molecule is CC1(C)CC(=O)C(Sc2ccccc2C(=O)O)=C(O)C1. The molecule has 1 aliphatic rings. The van der Waals surface area contributed by atoms with Gasteiger partial charge in [-0.05, 0) is 17.5 Å². The Labute approximate surface area is 121 Å². The molecular formula is C15H16O4S. The predicted molar refractivity (Wildman–Crippen MR) is 76.9 cm³/mol. The van der Waals surface area contributed by atoms with Gasteiger partial charge in [0.15, 0.2) is 5.78 Å². The molecule has 0 bridgehead atoms. The van der Waals surface area contributed by atoms with Gasteiger partial charge >= 0.3 is 5.97 Å². The third kappa shape index (κ3) is 3.04. The first-order chi connectivity index (χ1) is 9.30. The molecule has 0 fully saturated rings. The van der Waals surface area contributed by atoms with Crippen molar-refractivity contribution < 1.29 is 19.8 Å². The number of carbonyl (C=O) groups excluding carboxylic acids is 1. The lowest BCUT2D eigenvalue weighted by molar-refractivity contribution is -0.117. The number of aliphatic hydroxyl groups excluding tert-OH is 1. The van der Waals surface area contributed by atoms with E-state index in [9.17, 15) is 14.7 Å². The number of carbonyl (C=O) groups is 2. The molecule has 1 aromatic rings. The lowest BCUT2D eigenvalue weighted by Gasteiger charge is -2.29. The normalized spacial score (nSPS) is 18.2. The van der Waals surface area contributed by atoms with Gasteiger partial charge in [-0.3, -0.25) is 4.79 Å². The largest absolute Gasteiger partial charge is 0.511 e. The van der Waals surface area contributed by atoms with E-state index in [4.69, 9.17) is 5.11 Å². The Morgan fingerprint density at radius 2 is 1.90 bits per heavy atom. The summed E-state index contributed by atoms with van der Waals surface area (Å²) in [4.78, 5) is 24.0. The van der Waals surface area contributed by atoms with Crippen LogP contribution in [0.25, 0.3) is 0 Å². The lowest BCUT2D eigenvalue weighted by Crippen LogP contribution is -2.24. The van der Waals surface area contributed by atoms with E-state index in [1.807, 2.05) is 13.8 Å². The van der Waals surface area contributed by atoms with E-state index < -0.39 is 5.97 Å². The maximum Gasteiger partial charge on any atom is 0.336 e. The van der Waals surface area contributed by atoms with Gasteiger partial charge in [0, 0.05) is 17.7 Å². The van der Waals surface area contributed by atoms with Crippen LogP contribution < -0.4 is 0 Å². The summed E-state index contributed by atoms with van der Waals surface area (Å²) in [6.45, 7) is 3.85. The lowest BCUT2D eigenvalue weighted by atomic mass is 9.79. The van der Waals surface area contributed by atoms with Crippen molar-refractivity contribution in [3.8, 4) is 0 Å². The average molecular weight is 292 g/mol. The average Bonchev–Trinajstić information content (AvgIpc) is 2.33. The minimum Gasteiger partial charge on any atom is -0.511 e. The fourth-order valence-corrected chi connectivity index (χ4v) is 3.24. The summed E-state index contributed by atoms with van der Waals surface area (Å²) in [6.07, 6.45) is 0.783. The summed E-state index contributed by atoms with van der Waals surface area (Å²) in [5, 5.41) is 19.2. The Hall–Kier alpha value is -1.75. The molecule has 0 atom stereocenters. The Morgan fingerprint density at radius 3 is 2.50 bits per heavy atom. The topological polar surface area (TPSA) is 74.6 Å². The Bertz CT molecular complexity index is 602. The highest BCUT2D eigenvalue weighted by Gasteiger charge is 2.33. The number of carboxylic acid groups (broad SMARTS) is 1. The third-order valence-electron chi connectivity index (χ3n) is 3.13. The molecule has 0 amide bonds. The number of aromatic carboxylic acids is 1. The van der Waals surface area contributed by atoms with Crippen LogP contribution in [0.3, 0.4) is 0 Å². The molecular weight excluding hydrogens is 276 g/mol. The van der Waals surface area contributed by atoms with Crippen molar-refractivity contribution >= 4 is 23.5 Å². The Balaban J connectivity index is 2.35. The van der Waals surface area contributed by atoms with E-state index in [2.05, 4.69) is 0 Å². The van der Waals surface area contributed by atoms with E-state index >= 15 is 0 Å². The van der Waals surface area contributed by atoms with Crippen molar-refractivity contribution in [2.75, 3.05) is 0 Å². The smallest absolute Gasteiger partial charge is 0.336 e. The molecule has 2 N–H and O–H groups in total. The van der Waals surface area contributed by atoms with E-state index in [0.29, 0.717) is 17.7 Å². The highest BCUT2D eigenvalue weighted by molar-refractivity contribution is 8.04. The molecule has 0 heterocycles. The molecule has 0 aliphatic heterocycles. The second-order valence-electron chi connectivity index (χ2n) is 5.62. The molecule has 1 aromatic carbocycles. The van der Waals surface area contributed by atoms with Crippen molar-refractivity contribution in [2.24, 2.45) is 5.41 Å². The minimum atomic E-state index is -1.04. The van der Waals surface area contributed by atoms with Crippen LogP contribution in [-0.4, -0.2) is 22.0 Å². The maximum atomic E-state index is 12.1. The van der Waals surface area contributed by atoms with Gasteiger partial charge in [-0.25, -0.2) is 4.79 Å². The number of Topliss-reactive ketones (excluding diaryl/α,β-unsaturated/α-hetero) is 1. The van der Waals surface area contributed by atoms with Crippen molar-refractivity contribution in [1.82, 2.24) is 0 Å². The van der Waals surface area contributed by atoms with E-state index in [0.717, 1.165) is 11.8 Å². The molecule has 0 spiro atoms. The van der Waals surface area contributed by atoms with Crippen molar-refractivity contribution in [2.45, 2.75) is 31.6 Å². The molecule has 0 radical (unpaired) electrons. The number of thioether (sulfide) groups is 1. The molecule has 2 rings (SSSR count). The quantitative estimate of drug-likeness (QED) is 0.889. The standard InChI is InChI=1S/C15H16O4S/c1-15(2)7-10(16)13(11(17)8-15)20-12-6-4-3-5-9(12)14(18)19/h3-6,16H,7-8H2,1-2H3,(H,18,19). The van der Waals surface area contributed by atoms with Gasteiger partial charge in [-0.1, -0.05) is 37.7 Å².